The summed E-state index contributed by atoms with van der Waals surface area (Å²) in [5.41, 5.74) is 8.56. The zero-order valence-electron chi connectivity index (χ0n) is 10.5. The molecule has 0 fully saturated rings. The predicted molar refractivity (Wildman–Crippen MR) is 79.3 cm³/mol. The molecule has 0 unspecified atom stereocenters. The maximum atomic E-state index is 11.0. The average Bonchev–Trinajstić information content (AvgIpc) is 2.98. The Bertz CT molecular complexity index is 735. The van der Waals surface area contributed by atoms with Crippen LogP contribution >= 0.6 is 11.3 Å². The van der Waals surface area contributed by atoms with E-state index in [2.05, 4.69) is 9.97 Å². The minimum Gasteiger partial charge on any atom is -0.366 e. The highest BCUT2D eigenvalue weighted by atomic mass is 32.1. The molecule has 3 rings (SSSR count). The van der Waals surface area contributed by atoms with Gasteiger partial charge in [0.15, 0.2) is 0 Å². The molecule has 2 N–H and O–H groups in total. The second-order valence-corrected chi connectivity index (χ2v) is 5.08. The third-order valence-electron chi connectivity index (χ3n) is 2.88. The van der Waals surface area contributed by atoms with Crippen LogP contribution < -0.4 is 5.73 Å². The van der Waals surface area contributed by atoms with E-state index in [-0.39, 0.29) is 0 Å². The van der Waals surface area contributed by atoms with Crippen molar-refractivity contribution < 1.29 is 4.79 Å². The molecule has 20 heavy (non-hydrogen) atoms. The quantitative estimate of drug-likeness (QED) is 0.802. The molecule has 0 spiro atoms. The molecule has 3 aromatic rings. The largest absolute Gasteiger partial charge is 0.366 e. The van der Waals surface area contributed by atoms with Gasteiger partial charge in [0, 0.05) is 34.5 Å². The highest BCUT2D eigenvalue weighted by Gasteiger charge is 2.07. The lowest BCUT2D eigenvalue weighted by Gasteiger charge is -1.98. The van der Waals surface area contributed by atoms with E-state index in [1.165, 1.54) is 0 Å². The van der Waals surface area contributed by atoms with Crippen LogP contribution in [0, 0.1) is 0 Å². The first-order valence-corrected chi connectivity index (χ1v) is 6.88. The number of benzene rings is 1. The Hall–Kier alpha value is -2.53. The van der Waals surface area contributed by atoms with Crippen LogP contribution in [0.1, 0.15) is 10.4 Å². The summed E-state index contributed by atoms with van der Waals surface area (Å²) in [5, 5.41) is 2.91. The van der Waals surface area contributed by atoms with E-state index >= 15 is 0 Å². The summed E-state index contributed by atoms with van der Waals surface area (Å²) < 4.78 is 0. The van der Waals surface area contributed by atoms with Crippen LogP contribution in [-0.4, -0.2) is 15.9 Å². The van der Waals surface area contributed by atoms with E-state index in [1.54, 1.807) is 35.9 Å². The highest BCUT2D eigenvalue weighted by Crippen LogP contribution is 2.28. The van der Waals surface area contributed by atoms with E-state index in [0.717, 1.165) is 21.8 Å². The summed E-state index contributed by atoms with van der Waals surface area (Å²) in [6, 6.07) is 11.0. The molecule has 2 aromatic heterocycles. The zero-order chi connectivity index (χ0) is 13.9. The van der Waals surface area contributed by atoms with Gasteiger partial charge in [-0.1, -0.05) is 12.1 Å². The molecule has 0 bridgehead atoms. The summed E-state index contributed by atoms with van der Waals surface area (Å²) in [6.07, 6.45) is 3.53. The SMILES string of the molecule is NC(=O)c1ccc(-c2csc(-c3cccnc3)n2)cc1. The molecule has 1 aromatic carbocycles. The lowest BCUT2D eigenvalue weighted by atomic mass is 10.1. The fourth-order valence-electron chi connectivity index (χ4n) is 1.83. The highest BCUT2D eigenvalue weighted by molar-refractivity contribution is 7.13. The lowest BCUT2D eigenvalue weighted by Crippen LogP contribution is -2.10. The van der Waals surface area contributed by atoms with Gasteiger partial charge in [-0.05, 0) is 24.3 Å². The van der Waals surface area contributed by atoms with E-state index in [1.807, 2.05) is 29.6 Å². The molecule has 1 amide bonds. The van der Waals surface area contributed by atoms with Crippen molar-refractivity contribution in [3.05, 3.63) is 59.7 Å². The number of nitrogens with two attached hydrogens (primary N) is 1. The number of hydrogen-bond acceptors (Lipinski definition) is 4. The van der Waals surface area contributed by atoms with Crippen molar-refractivity contribution in [2.75, 3.05) is 0 Å². The van der Waals surface area contributed by atoms with Crippen LogP contribution in [0.5, 0.6) is 0 Å². The van der Waals surface area contributed by atoms with Gasteiger partial charge in [0.25, 0.3) is 0 Å². The van der Waals surface area contributed by atoms with Gasteiger partial charge in [-0.25, -0.2) is 4.98 Å². The van der Waals surface area contributed by atoms with Crippen molar-refractivity contribution in [1.82, 2.24) is 9.97 Å². The van der Waals surface area contributed by atoms with Crippen molar-refractivity contribution in [3.8, 4) is 21.8 Å². The maximum absolute atomic E-state index is 11.0. The summed E-state index contributed by atoms with van der Waals surface area (Å²) in [6.45, 7) is 0. The lowest BCUT2D eigenvalue weighted by molar-refractivity contribution is 0.100. The van der Waals surface area contributed by atoms with Crippen LogP contribution in [0.4, 0.5) is 0 Å². The minimum atomic E-state index is -0.425. The van der Waals surface area contributed by atoms with Crippen LogP contribution in [0.2, 0.25) is 0 Å². The number of rotatable bonds is 3. The molecule has 0 aliphatic heterocycles. The number of aromatic nitrogens is 2. The topological polar surface area (TPSA) is 68.9 Å². The number of thiazole rings is 1. The first-order chi connectivity index (χ1) is 9.74. The summed E-state index contributed by atoms with van der Waals surface area (Å²) >= 11 is 1.57. The van der Waals surface area contributed by atoms with E-state index in [0.29, 0.717) is 5.56 Å². The predicted octanol–water partition coefficient (Wildman–Crippen LogP) is 2.97. The number of carbonyl (C=O) groups is 1. The number of primary amides is 1. The van der Waals surface area contributed by atoms with Gasteiger partial charge >= 0.3 is 0 Å². The van der Waals surface area contributed by atoms with Crippen molar-refractivity contribution >= 4 is 17.2 Å². The van der Waals surface area contributed by atoms with E-state index < -0.39 is 5.91 Å². The van der Waals surface area contributed by atoms with Gasteiger partial charge in [0.1, 0.15) is 5.01 Å². The van der Waals surface area contributed by atoms with Crippen molar-refractivity contribution in [3.63, 3.8) is 0 Å². The normalized spacial score (nSPS) is 10.4. The van der Waals surface area contributed by atoms with Gasteiger partial charge in [0.2, 0.25) is 5.91 Å². The van der Waals surface area contributed by atoms with Crippen molar-refractivity contribution in [2.45, 2.75) is 0 Å². The smallest absolute Gasteiger partial charge is 0.248 e. The number of pyridine rings is 1. The molecule has 0 radical (unpaired) electrons. The number of hydrogen-bond donors (Lipinski definition) is 1. The molecule has 2 heterocycles. The third kappa shape index (κ3) is 2.44. The minimum absolute atomic E-state index is 0.425. The summed E-state index contributed by atoms with van der Waals surface area (Å²) in [5.74, 6) is -0.425. The molecule has 0 atom stereocenters. The molecular weight excluding hydrogens is 270 g/mol. The number of nitrogens with zero attached hydrogens (tertiary/aromatic N) is 2. The second-order valence-electron chi connectivity index (χ2n) is 4.22. The van der Waals surface area contributed by atoms with Crippen molar-refractivity contribution in [2.24, 2.45) is 5.73 Å². The Kier molecular flexibility index (Phi) is 3.26. The first-order valence-electron chi connectivity index (χ1n) is 6.00. The molecule has 5 heteroatoms. The summed E-state index contributed by atoms with van der Waals surface area (Å²) in [4.78, 5) is 19.7. The Morgan fingerprint density at radius 1 is 1.10 bits per heavy atom. The third-order valence-corrected chi connectivity index (χ3v) is 3.77. The first kappa shape index (κ1) is 12.5. The van der Waals surface area contributed by atoms with E-state index in [9.17, 15) is 4.79 Å². The molecule has 0 saturated heterocycles. The monoisotopic (exact) mass is 281 g/mol. The Morgan fingerprint density at radius 2 is 1.90 bits per heavy atom. The molecular formula is C15H11N3OS. The molecule has 98 valence electrons. The fraction of sp³-hybridized carbons (Fsp3) is 0. The molecule has 0 saturated carbocycles. The van der Waals surface area contributed by atoms with Crippen LogP contribution in [0.15, 0.2) is 54.2 Å². The molecule has 4 nitrogen and oxygen atoms in total. The Balaban J connectivity index is 1.92. The molecule has 0 aliphatic rings. The Morgan fingerprint density at radius 3 is 2.55 bits per heavy atom. The van der Waals surface area contributed by atoms with Crippen LogP contribution in [0.3, 0.4) is 0 Å². The zero-order valence-corrected chi connectivity index (χ0v) is 11.3. The van der Waals surface area contributed by atoms with Gasteiger partial charge in [-0.15, -0.1) is 11.3 Å². The van der Waals surface area contributed by atoms with Gasteiger partial charge in [0.05, 0.1) is 5.69 Å². The molecule has 0 aliphatic carbocycles. The second kappa shape index (κ2) is 5.22. The maximum Gasteiger partial charge on any atom is 0.248 e. The standard InChI is InChI=1S/C15H11N3OS/c16-14(19)11-5-3-10(4-6-11)13-9-20-15(18-13)12-2-1-7-17-8-12/h1-9H,(H2,16,19). The Labute approximate surface area is 119 Å². The van der Waals surface area contributed by atoms with Crippen LogP contribution in [0.25, 0.3) is 21.8 Å². The van der Waals surface area contributed by atoms with Crippen molar-refractivity contribution in [1.29, 1.82) is 0 Å². The number of amides is 1. The van der Waals surface area contributed by atoms with Gasteiger partial charge in [-0.2, -0.15) is 0 Å². The van der Waals surface area contributed by atoms with Gasteiger partial charge in [-0.3, -0.25) is 9.78 Å². The van der Waals surface area contributed by atoms with E-state index in [4.69, 9.17) is 5.73 Å². The average molecular weight is 281 g/mol. The summed E-state index contributed by atoms with van der Waals surface area (Å²) in [7, 11) is 0. The fourth-order valence-corrected chi connectivity index (χ4v) is 2.65. The number of carbonyl (C=O) groups excluding carboxylic acids is 1. The van der Waals surface area contributed by atoms with Crippen LogP contribution in [-0.2, 0) is 0 Å². The van der Waals surface area contributed by atoms with Gasteiger partial charge < -0.3 is 5.73 Å².